The summed E-state index contributed by atoms with van der Waals surface area (Å²) in [6.45, 7) is 0. The Morgan fingerprint density at radius 1 is 1.00 bits per heavy atom. The van der Waals surface area contributed by atoms with Gasteiger partial charge in [0.1, 0.15) is 11.8 Å². The van der Waals surface area contributed by atoms with E-state index in [1.807, 2.05) is 30.3 Å². The van der Waals surface area contributed by atoms with Crippen molar-refractivity contribution in [1.82, 2.24) is 20.0 Å². The molecule has 42 heavy (non-hydrogen) atoms. The Bertz CT molecular complexity index is 1950. The minimum Gasteiger partial charge on any atom is -0.376 e. The number of benzene rings is 3. The number of hydrogen-bond donors (Lipinski definition) is 2. The van der Waals surface area contributed by atoms with Crippen LogP contribution in [-0.4, -0.2) is 20.0 Å². The van der Waals surface area contributed by atoms with E-state index in [1.54, 1.807) is 47.3 Å². The molecule has 0 saturated heterocycles. The smallest absolute Gasteiger partial charge is 0.109 e. The van der Waals surface area contributed by atoms with E-state index in [-0.39, 0.29) is 18.0 Å². The highest BCUT2D eigenvalue weighted by Crippen LogP contribution is 2.38. The number of hydrogen-bond acceptors (Lipinski definition) is 8. The first-order valence-corrected chi connectivity index (χ1v) is 13.7. The Morgan fingerprint density at radius 3 is 2.55 bits per heavy atom. The van der Waals surface area contributed by atoms with Crippen molar-refractivity contribution in [3.63, 3.8) is 0 Å². The van der Waals surface area contributed by atoms with Gasteiger partial charge in [-0.25, -0.2) is 4.68 Å². The lowest BCUT2D eigenvalue weighted by atomic mass is 10.0. The lowest BCUT2D eigenvalue weighted by molar-refractivity contribution is 0.610. The van der Waals surface area contributed by atoms with Crippen molar-refractivity contribution in [2.24, 2.45) is 0 Å². The summed E-state index contributed by atoms with van der Waals surface area (Å²) in [4.78, 5) is 4.45. The van der Waals surface area contributed by atoms with Crippen molar-refractivity contribution in [2.75, 3.05) is 10.6 Å². The summed E-state index contributed by atoms with van der Waals surface area (Å²) in [5.41, 5.74) is 3.82. The molecule has 0 radical (unpaired) electrons. The van der Waals surface area contributed by atoms with Gasteiger partial charge in [0, 0.05) is 17.3 Å². The summed E-state index contributed by atoms with van der Waals surface area (Å²) in [7, 11) is 0. The zero-order valence-electron chi connectivity index (χ0n) is 23.3. The predicted octanol–water partition coefficient (Wildman–Crippen LogP) is 6.83. The lowest BCUT2D eigenvalue weighted by Gasteiger charge is -2.22. The molecule has 6 rings (SSSR count). The number of anilines is 2. The molecule has 5 aromatic rings. The average molecular weight is 571 g/mol. The van der Waals surface area contributed by atoms with Gasteiger partial charge in [0.2, 0.25) is 0 Å². The molecule has 2 N–H and O–H groups in total. The van der Waals surface area contributed by atoms with Crippen molar-refractivity contribution < 1.29 is 1.37 Å². The van der Waals surface area contributed by atoms with Crippen LogP contribution in [0.2, 0.25) is 5.02 Å². The van der Waals surface area contributed by atoms with Gasteiger partial charge in [-0.1, -0.05) is 59.3 Å². The quantitative estimate of drug-likeness (QED) is 0.196. The van der Waals surface area contributed by atoms with E-state index in [0.29, 0.717) is 44.1 Å². The second kappa shape index (κ2) is 11.6. The van der Waals surface area contributed by atoms with E-state index in [2.05, 4.69) is 44.1 Å². The van der Waals surface area contributed by atoms with E-state index in [0.717, 1.165) is 18.4 Å². The van der Waals surface area contributed by atoms with Crippen molar-refractivity contribution in [2.45, 2.75) is 37.4 Å². The molecule has 2 heterocycles. The molecule has 0 unspecified atom stereocenters. The Balaban J connectivity index is 1.48. The van der Waals surface area contributed by atoms with Crippen molar-refractivity contribution >= 4 is 33.9 Å². The van der Waals surface area contributed by atoms with Gasteiger partial charge in [-0.3, -0.25) is 4.98 Å². The van der Waals surface area contributed by atoms with Crippen LogP contribution in [-0.2, 0) is 0 Å². The number of nitrogens with one attached hydrogen (secondary N) is 2. The zero-order chi connectivity index (χ0) is 30.0. The first kappa shape index (κ1) is 25.5. The predicted molar refractivity (Wildman–Crippen MR) is 159 cm³/mol. The highest BCUT2D eigenvalue weighted by Gasteiger charge is 2.27. The van der Waals surface area contributed by atoms with Gasteiger partial charge < -0.3 is 10.6 Å². The fourth-order valence-electron chi connectivity index (χ4n) is 4.86. The molecule has 2 atom stereocenters. The number of pyridine rings is 1. The Hall–Kier alpha value is -5.43. The van der Waals surface area contributed by atoms with Crippen LogP contribution >= 0.6 is 11.6 Å². The minimum atomic E-state index is -1.64. The molecule has 2 aromatic heterocycles. The fourth-order valence-corrected chi connectivity index (χ4v) is 5.12. The molecule has 9 nitrogen and oxygen atoms in total. The van der Waals surface area contributed by atoms with Crippen molar-refractivity contribution in [1.29, 1.82) is 15.8 Å². The fraction of sp³-hybridized carbons (Fsp3) is 0.188. The molecular formula is C32H24ClN9. The van der Waals surface area contributed by atoms with Crippen LogP contribution in [0.15, 0.2) is 79.1 Å². The third kappa shape index (κ3) is 5.45. The lowest BCUT2D eigenvalue weighted by Crippen LogP contribution is -2.14. The average Bonchev–Trinajstić information content (AvgIpc) is 3.76. The number of halogens is 1. The highest BCUT2D eigenvalue weighted by atomic mass is 35.5. The Labute approximate surface area is 249 Å². The van der Waals surface area contributed by atoms with E-state index in [4.69, 9.17) is 11.6 Å². The van der Waals surface area contributed by atoms with Crippen LogP contribution in [0.25, 0.3) is 10.9 Å². The van der Waals surface area contributed by atoms with Gasteiger partial charge in [0.05, 0.1) is 71.6 Å². The normalized spacial score (nSPS) is 15.0. The number of aromatic nitrogens is 4. The molecule has 0 aliphatic heterocycles. The van der Waals surface area contributed by atoms with Crippen molar-refractivity contribution in [3.05, 3.63) is 112 Å². The maximum atomic E-state index is 10.00. The highest BCUT2D eigenvalue weighted by molar-refractivity contribution is 6.35. The van der Waals surface area contributed by atoms with E-state index < -0.39 is 12.1 Å². The van der Waals surface area contributed by atoms with E-state index in [9.17, 15) is 17.2 Å². The van der Waals surface area contributed by atoms with E-state index in [1.165, 1.54) is 6.20 Å². The Kier molecular flexibility index (Phi) is 7.04. The number of rotatable bonds is 9. The summed E-state index contributed by atoms with van der Waals surface area (Å²) in [5, 5.41) is 45.3. The monoisotopic (exact) mass is 570 g/mol. The molecule has 0 amide bonds. The Morgan fingerprint density at radius 2 is 1.81 bits per heavy atom. The third-order valence-corrected chi connectivity index (χ3v) is 7.39. The summed E-state index contributed by atoms with van der Waals surface area (Å²) < 4.78 is 11.4. The molecule has 0 bridgehead atoms. The summed E-state index contributed by atoms with van der Waals surface area (Å²) in [6.07, 6.45) is 5.38. The van der Waals surface area contributed by atoms with Crippen LogP contribution in [0.1, 0.15) is 66.7 Å². The maximum absolute atomic E-state index is 10.00. The van der Waals surface area contributed by atoms with Gasteiger partial charge in [-0.05, 0) is 48.2 Å². The second-order valence-corrected chi connectivity index (χ2v) is 10.4. The molecule has 1 aliphatic carbocycles. The molecule has 3 aromatic carbocycles. The van der Waals surface area contributed by atoms with Crippen LogP contribution in [0.5, 0.6) is 0 Å². The SMILES string of the molecule is [2H][C@@](Nc1cc(Cl)c2ncc(C#N)c(N[C@@H](CC#N)c3ccccc3)c2c1)(c1cccc(C#N)c1)c1cn(C2CC2)nn1. The van der Waals surface area contributed by atoms with Crippen molar-refractivity contribution in [3.8, 4) is 18.2 Å². The molecule has 0 spiro atoms. The third-order valence-electron chi connectivity index (χ3n) is 7.10. The molecule has 1 fully saturated rings. The first-order chi connectivity index (χ1) is 20.9. The molecule has 204 valence electrons. The van der Waals surface area contributed by atoms with Gasteiger partial charge in [-0.15, -0.1) is 5.10 Å². The van der Waals surface area contributed by atoms with Crippen LogP contribution in [0, 0.1) is 34.0 Å². The number of nitrogens with zero attached hydrogens (tertiary/aromatic N) is 7. The second-order valence-electron chi connectivity index (χ2n) is 9.99. The van der Waals surface area contributed by atoms with Crippen LogP contribution in [0.3, 0.4) is 0 Å². The summed E-state index contributed by atoms with van der Waals surface area (Å²) in [6, 6.07) is 24.6. The molecule has 1 saturated carbocycles. The van der Waals surface area contributed by atoms with E-state index >= 15 is 0 Å². The van der Waals surface area contributed by atoms with Crippen LogP contribution < -0.4 is 10.6 Å². The minimum absolute atomic E-state index is 0.159. The van der Waals surface area contributed by atoms with Gasteiger partial charge in [-0.2, -0.15) is 15.8 Å². The van der Waals surface area contributed by atoms with Gasteiger partial charge in [0.15, 0.2) is 0 Å². The summed E-state index contributed by atoms with van der Waals surface area (Å²) in [5.74, 6) is 0. The van der Waals surface area contributed by atoms with Gasteiger partial charge >= 0.3 is 0 Å². The van der Waals surface area contributed by atoms with Crippen LogP contribution in [0.4, 0.5) is 11.4 Å². The number of nitriles is 3. The number of fused-ring (bicyclic) bond motifs is 1. The molecule has 10 heteroatoms. The van der Waals surface area contributed by atoms with Gasteiger partial charge in [0.25, 0.3) is 0 Å². The summed E-state index contributed by atoms with van der Waals surface area (Å²) >= 11 is 6.77. The zero-order valence-corrected chi connectivity index (χ0v) is 23.0. The largest absolute Gasteiger partial charge is 0.376 e. The standard InChI is InChI=1S/C32H24ClN9/c33-27-15-24(38-31(22-8-4-5-20(13-22)16-35)29-19-42(41-40-29)25-9-10-25)14-26-30(23(17-36)18-37-32(26)27)39-28(11-12-34)21-6-2-1-3-7-21/h1-8,13-15,18-19,25,28,31,38H,9-11H2,(H,37,39)/t28-,31+/m0/s1/i31D. The topological polar surface area (TPSA) is 139 Å². The molecule has 1 aliphatic rings. The molecular weight excluding hydrogens is 546 g/mol. The maximum Gasteiger partial charge on any atom is 0.109 e. The first-order valence-electron chi connectivity index (χ1n) is 13.9.